The molecule has 1 aliphatic heterocycles. The summed E-state index contributed by atoms with van der Waals surface area (Å²) in [7, 11) is 0. The summed E-state index contributed by atoms with van der Waals surface area (Å²) in [6.07, 6.45) is 3.02. The standard InChI is InChI=1S/C24H28F3N9O2/c1-16-30-34-36(32-16)15-18-13-19(24(25,26)27)7-5-17(18)6-8-23(38)35-11-9-20(10-12-35)29-22(37)4-2-3-21-14-28-33-31-21/h5-8,13-14,20H,2-4,9-12,15H2,1H3,(H,29,37)(H,28,31,33). The van der Waals surface area contributed by atoms with Gasteiger partial charge in [-0.2, -0.15) is 18.0 Å². The second-order valence-electron chi connectivity index (χ2n) is 9.10. The highest BCUT2D eigenvalue weighted by molar-refractivity contribution is 5.92. The normalized spacial score (nSPS) is 14.8. The zero-order valence-electron chi connectivity index (χ0n) is 20.8. The first kappa shape index (κ1) is 26.9. The fraction of sp³-hybridized carbons (Fsp3) is 0.458. The largest absolute Gasteiger partial charge is 0.416 e. The molecule has 2 aromatic heterocycles. The number of hydrogen-bond donors (Lipinski definition) is 2. The molecule has 0 spiro atoms. The summed E-state index contributed by atoms with van der Waals surface area (Å²) in [4.78, 5) is 27.9. The number of carbonyl (C=O) groups excluding carboxylic acids is 2. The first-order valence-corrected chi connectivity index (χ1v) is 12.2. The number of aryl methyl sites for hydroxylation is 2. The molecule has 14 heteroatoms. The van der Waals surface area contributed by atoms with Crippen LogP contribution < -0.4 is 5.32 Å². The van der Waals surface area contributed by atoms with Crippen LogP contribution in [0, 0.1) is 6.92 Å². The Labute approximate surface area is 216 Å². The number of H-pyrrole nitrogens is 1. The van der Waals surface area contributed by atoms with E-state index in [4.69, 9.17) is 0 Å². The SMILES string of the molecule is Cc1nnn(Cc2cc(C(F)(F)F)ccc2C=CC(=O)N2CCC(NC(=O)CCCc3c[nH]nn3)CC2)n1. The Morgan fingerprint density at radius 1 is 1.21 bits per heavy atom. The lowest BCUT2D eigenvalue weighted by Crippen LogP contribution is -2.46. The third-order valence-electron chi connectivity index (χ3n) is 6.22. The minimum Gasteiger partial charge on any atom is -0.353 e. The number of carbonyl (C=O) groups is 2. The Kier molecular flexibility index (Phi) is 8.48. The maximum atomic E-state index is 13.3. The molecule has 2 N–H and O–H groups in total. The van der Waals surface area contributed by atoms with E-state index in [1.54, 1.807) is 18.0 Å². The molecule has 11 nitrogen and oxygen atoms in total. The van der Waals surface area contributed by atoms with Gasteiger partial charge >= 0.3 is 6.18 Å². The zero-order chi connectivity index (χ0) is 27.1. The number of benzene rings is 1. The molecule has 1 aliphatic rings. The van der Waals surface area contributed by atoms with E-state index >= 15 is 0 Å². The predicted molar refractivity (Wildman–Crippen MR) is 129 cm³/mol. The third-order valence-corrected chi connectivity index (χ3v) is 6.22. The van der Waals surface area contributed by atoms with E-state index in [0.29, 0.717) is 62.1 Å². The molecule has 0 saturated carbocycles. The molecule has 1 aromatic carbocycles. The molecule has 3 aromatic rings. The van der Waals surface area contributed by atoms with Gasteiger partial charge in [-0.3, -0.25) is 14.7 Å². The number of halogens is 3. The fourth-order valence-electron chi connectivity index (χ4n) is 4.21. The number of alkyl halides is 3. The van der Waals surface area contributed by atoms with E-state index in [-0.39, 0.29) is 24.4 Å². The van der Waals surface area contributed by atoms with Crippen molar-refractivity contribution in [1.82, 2.24) is 45.8 Å². The Balaban J connectivity index is 1.30. The first-order valence-electron chi connectivity index (χ1n) is 12.2. The number of piperidine rings is 1. The maximum absolute atomic E-state index is 13.3. The average Bonchev–Trinajstić information content (AvgIpc) is 3.54. The molecule has 2 amide bonds. The van der Waals surface area contributed by atoms with Crippen LogP contribution in [0.1, 0.15) is 53.9 Å². The second-order valence-corrected chi connectivity index (χ2v) is 9.10. The van der Waals surface area contributed by atoms with Gasteiger partial charge in [0.05, 0.1) is 17.8 Å². The van der Waals surface area contributed by atoms with E-state index in [9.17, 15) is 22.8 Å². The number of nitrogens with one attached hydrogen (secondary N) is 2. The first-order chi connectivity index (χ1) is 18.2. The van der Waals surface area contributed by atoms with E-state index in [0.717, 1.165) is 17.8 Å². The van der Waals surface area contributed by atoms with Gasteiger partial charge in [0, 0.05) is 37.8 Å². The van der Waals surface area contributed by atoms with Gasteiger partial charge in [0.25, 0.3) is 0 Å². The highest BCUT2D eigenvalue weighted by Gasteiger charge is 2.31. The van der Waals surface area contributed by atoms with Crippen LogP contribution in [0.3, 0.4) is 0 Å². The summed E-state index contributed by atoms with van der Waals surface area (Å²) >= 11 is 0. The molecule has 0 bridgehead atoms. The van der Waals surface area contributed by atoms with Crippen LogP contribution in [0.2, 0.25) is 0 Å². The van der Waals surface area contributed by atoms with Crippen molar-refractivity contribution in [3.63, 3.8) is 0 Å². The minimum absolute atomic E-state index is 0.0114. The predicted octanol–water partition coefficient (Wildman–Crippen LogP) is 2.31. The number of amides is 2. The van der Waals surface area contributed by atoms with Crippen molar-refractivity contribution in [3.05, 3.63) is 58.7 Å². The van der Waals surface area contributed by atoms with Crippen molar-refractivity contribution in [2.45, 2.75) is 57.8 Å². The van der Waals surface area contributed by atoms with E-state index in [1.807, 2.05) is 0 Å². The summed E-state index contributed by atoms with van der Waals surface area (Å²) in [5, 5.41) is 24.8. The molecule has 0 aliphatic carbocycles. The van der Waals surface area contributed by atoms with Gasteiger partial charge in [-0.1, -0.05) is 11.3 Å². The number of rotatable bonds is 9. The van der Waals surface area contributed by atoms with E-state index < -0.39 is 11.7 Å². The topological polar surface area (TPSA) is 135 Å². The van der Waals surface area contributed by atoms with Crippen LogP contribution in [0.15, 0.2) is 30.5 Å². The summed E-state index contributed by atoms with van der Waals surface area (Å²) < 4.78 is 39.8. The molecular formula is C24H28F3N9O2. The van der Waals surface area contributed by atoms with E-state index in [2.05, 4.69) is 36.1 Å². The Morgan fingerprint density at radius 3 is 2.66 bits per heavy atom. The quantitative estimate of drug-likeness (QED) is 0.405. The van der Waals surface area contributed by atoms with Crippen molar-refractivity contribution in [2.75, 3.05) is 13.1 Å². The summed E-state index contributed by atoms with van der Waals surface area (Å²) in [6.45, 7) is 2.54. The molecular weight excluding hydrogens is 503 g/mol. The van der Waals surface area contributed by atoms with E-state index in [1.165, 1.54) is 23.0 Å². The van der Waals surface area contributed by atoms with Gasteiger partial charge in [-0.15, -0.1) is 15.3 Å². The lowest BCUT2D eigenvalue weighted by Gasteiger charge is -2.31. The fourth-order valence-corrected chi connectivity index (χ4v) is 4.21. The van der Waals surface area contributed by atoms with Crippen molar-refractivity contribution in [1.29, 1.82) is 0 Å². The number of nitrogens with zero attached hydrogens (tertiary/aromatic N) is 7. The molecule has 38 heavy (non-hydrogen) atoms. The molecule has 0 unspecified atom stereocenters. The molecule has 202 valence electrons. The van der Waals surface area contributed by atoms with Crippen molar-refractivity contribution in [2.24, 2.45) is 0 Å². The lowest BCUT2D eigenvalue weighted by atomic mass is 10.0. The lowest BCUT2D eigenvalue weighted by molar-refractivity contribution is -0.137. The number of aromatic amines is 1. The highest BCUT2D eigenvalue weighted by Crippen LogP contribution is 2.31. The molecule has 3 heterocycles. The van der Waals surface area contributed by atoms with Gasteiger partial charge in [0.1, 0.15) is 0 Å². The number of tetrazole rings is 1. The van der Waals surface area contributed by atoms with Gasteiger partial charge in [-0.25, -0.2) is 0 Å². The number of hydrogen-bond acceptors (Lipinski definition) is 7. The summed E-state index contributed by atoms with van der Waals surface area (Å²) in [5.41, 5.74) is 0.779. The number of aromatic nitrogens is 7. The van der Waals surface area contributed by atoms with Crippen LogP contribution in [0.4, 0.5) is 13.2 Å². The number of likely N-dealkylation sites (tertiary alicyclic amines) is 1. The molecule has 1 fully saturated rings. The molecule has 1 saturated heterocycles. The average molecular weight is 532 g/mol. The van der Waals surface area contributed by atoms with Crippen LogP contribution in [0.25, 0.3) is 6.08 Å². The highest BCUT2D eigenvalue weighted by atomic mass is 19.4. The molecule has 0 atom stereocenters. The summed E-state index contributed by atoms with van der Waals surface area (Å²) in [6, 6.07) is 3.33. The minimum atomic E-state index is -4.50. The monoisotopic (exact) mass is 531 g/mol. The van der Waals surface area contributed by atoms with Crippen LogP contribution >= 0.6 is 0 Å². The second kappa shape index (κ2) is 12.0. The van der Waals surface area contributed by atoms with Crippen LogP contribution in [-0.4, -0.2) is 71.5 Å². The molecule has 4 rings (SSSR count). The van der Waals surface area contributed by atoms with Gasteiger partial charge in [0.2, 0.25) is 11.8 Å². The van der Waals surface area contributed by atoms with Crippen LogP contribution in [0.5, 0.6) is 0 Å². The Hall–Kier alpha value is -4.10. The van der Waals surface area contributed by atoms with Crippen molar-refractivity contribution >= 4 is 17.9 Å². The third kappa shape index (κ3) is 7.46. The van der Waals surface area contributed by atoms with Gasteiger partial charge < -0.3 is 10.2 Å². The Bertz CT molecular complexity index is 1260. The van der Waals surface area contributed by atoms with Crippen molar-refractivity contribution < 1.29 is 22.8 Å². The Morgan fingerprint density at radius 2 is 2.00 bits per heavy atom. The summed E-state index contributed by atoms with van der Waals surface area (Å²) in [5.74, 6) is 0.114. The van der Waals surface area contributed by atoms with Crippen molar-refractivity contribution in [3.8, 4) is 0 Å². The zero-order valence-corrected chi connectivity index (χ0v) is 20.8. The smallest absolute Gasteiger partial charge is 0.353 e. The maximum Gasteiger partial charge on any atom is 0.416 e. The van der Waals surface area contributed by atoms with Gasteiger partial charge in [0.15, 0.2) is 5.82 Å². The van der Waals surface area contributed by atoms with Gasteiger partial charge in [-0.05, 0) is 67.2 Å². The molecule has 0 radical (unpaired) electrons. The van der Waals surface area contributed by atoms with Crippen LogP contribution in [-0.2, 0) is 28.7 Å².